The molecule has 0 bridgehead atoms. The van der Waals surface area contributed by atoms with Gasteiger partial charge in [-0.3, -0.25) is 29.4 Å². The molecular weight excluding hydrogens is 451 g/mol. The summed E-state index contributed by atoms with van der Waals surface area (Å²) in [6.45, 7) is 1.68. The smallest absolute Gasteiger partial charge is 0.250 e. The van der Waals surface area contributed by atoms with Crippen molar-refractivity contribution in [1.29, 1.82) is 0 Å². The fourth-order valence-corrected chi connectivity index (χ4v) is 5.53. The quantitative estimate of drug-likeness (QED) is 0.586. The maximum Gasteiger partial charge on any atom is 0.250 e. The Morgan fingerprint density at radius 3 is 2.52 bits per heavy atom. The van der Waals surface area contributed by atoms with Crippen molar-refractivity contribution in [1.82, 2.24) is 10.2 Å². The summed E-state index contributed by atoms with van der Waals surface area (Å²) in [4.78, 5) is 53.3. The number of halogens is 2. The van der Waals surface area contributed by atoms with Gasteiger partial charge >= 0.3 is 0 Å². The molecule has 3 aliphatic heterocycles. The minimum Gasteiger partial charge on any atom is -0.370 e. The summed E-state index contributed by atoms with van der Waals surface area (Å²) in [6, 6.07) is 7.94. The molecule has 2 aromatic carbocycles. The highest BCUT2D eigenvalue weighted by molar-refractivity contribution is 6.32. The first kappa shape index (κ1) is 21.5. The Labute approximate surface area is 193 Å². The zero-order valence-corrected chi connectivity index (χ0v) is 18.3. The number of likely N-dealkylation sites (tertiary alicyclic amines) is 1. The van der Waals surface area contributed by atoms with Gasteiger partial charge in [0.15, 0.2) is 0 Å². The molecule has 2 aromatic rings. The molecule has 5 rings (SSSR count). The number of primary amides is 1. The van der Waals surface area contributed by atoms with Crippen LogP contribution in [-0.2, 0) is 31.3 Å². The van der Waals surface area contributed by atoms with Crippen LogP contribution in [0, 0.1) is 24.6 Å². The Morgan fingerprint density at radius 2 is 1.85 bits per heavy atom. The Bertz CT molecular complexity index is 1230. The number of rotatable bonds is 4. The van der Waals surface area contributed by atoms with Crippen LogP contribution in [0.3, 0.4) is 0 Å². The summed E-state index contributed by atoms with van der Waals surface area (Å²) in [6.07, 6.45) is -0.221. The molecule has 33 heavy (non-hydrogen) atoms. The predicted molar refractivity (Wildman–Crippen MR) is 116 cm³/mol. The largest absolute Gasteiger partial charge is 0.370 e. The molecule has 3 aliphatic rings. The van der Waals surface area contributed by atoms with Gasteiger partial charge in [-0.05, 0) is 36.2 Å². The van der Waals surface area contributed by atoms with Crippen LogP contribution in [0.5, 0.6) is 0 Å². The summed E-state index contributed by atoms with van der Waals surface area (Å²) >= 11 is 6.23. The third kappa shape index (κ3) is 2.99. The molecule has 2 saturated heterocycles. The first-order valence-electron chi connectivity index (χ1n) is 10.4. The number of carbonyl (C=O) groups is 4. The number of amides is 4. The lowest BCUT2D eigenvalue weighted by molar-refractivity contribution is -0.143. The Morgan fingerprint density at radius 1 is 1.15 bits per heavy atom. The molecule has 0 saturated carbocycles. The van der Waals surface area contributed by atoms with Gasteiger partial charge in [0.25, 0.3) is 0 Å². The zero-order valence-electron chi connectivity index (χ0n) is 17.5. The van der Waals surface area contributed by atoms with E-state index in [1.165, 1.54) is 24.3 Å². The highest BCUT2D eigenvalue weighted by Gasteiger charge is 2.70. The normalized spacial score (nSPS) is 27.8. The van der Waals surface area contributed by atoms with Crippen molar-refractivity contribution < 1.29 is 23.6 Å². The Balaban J connectivity index is 1.61. The van der Waals surface area contributed by atoms with E-state index in [1.807, 2.05) is 0 Å². The molecule has 0 aromatic heterocycles. The lowest BCUT2D eigenvalue weighted by atomic mass is 9.76. The average Bonchev–Trinajstić information content (AvgIpc) is 3.33. The number of carbonyl (C=O) groups excluding carboxylic acids is 4. The van der Waals surface area contributed by atoms with E-state index in [4.69, 9.17) is 17.3 Å². The molecular formula is C23H20ClFN4O4. The number of nitrogens with one attached hydrogen (secondary N) is 2. The molecule has 0 radical (unpaired) electrons. The van der Waals surface area contributed by atoms with E-state index in [2.05, 4.69) is 10.6 Å². The third-order valence-electron chi connectivity index (χ3n) is 6.85. The van der Waals surface area contributed by atoms with Crippen LogP contribution in [0.4, 0.5) is 10.1 Å². The maximum atomic E-state index is 13.6. The predicted octanol–water partition coefficient (Wildman–Crippen LogP) is 1.58. The van der Waals surface area contributed by atoms with Crippen molar-refractivity contribution in [2.45, 2.75) is 31.5 Å². The molecule has 0 aliphatic carbocycles. The van der Waals surface area contributed by atoms with Crippen LogP contribution in [-0.4, -0.2) is 34.6 Å². The zero-order chi connectivity index (χ0) is 23.7. The fourth-order valence-electron chi connectivity index (χ4n) is 5.37. The molecule has 8 nitrogen and oxygen atoms in total. The SMILES string of the molecule is Cc1c(Cl)ccc2c1NC(=O)[C@@]21N[C@@H](CC(N)=O)[C@H]2C(=O)N(Cc3ccc(F)cc3)C(=O)[C@H]21. The molecule has 170 valence electrons. The number of fused-ring (bicyclic) bond motifs is 4. The van der Waals surface area contributed by atoms with Crippen LogP contribution in [0.1, 0.15) is 23.1 Å². The van der Waals surface area contributed by atoms with Crippen LogP contribution in [0.15, 0.2) is 36.4 Å². The second-order valence-electron chi connectivity index (χ2n) is 8.67. The van der Waals surface area contributed by atoms with E-state index < -0.39 is 52.9 Å². The van der Waals surface area contributed by atoms with Gasteiger partial charge in [-0.15, -0.1) is 0 Å². The number of benzene rings is 2. The molecule has 4 N–H and O–H groups in total. The lowest BCUT2D eigenvalue weighted by Crippen LogP contribution is -2.53. The first-order chi connectivity index (χ1) is 15.6. The van der Waals surface area contributed by atoms with Crippen molar-refractivity contribution >= 4 is 40.9 Å². The van der Waals surface area contributed by atoms with E-state index >= 15 is 0 Å². The minimum absolute atomic E-state index is 0.0710. The second-order valence-corrected chi connectivity index (χ2v) is 9.08. The van der Waals surface area contributed by atoms with Gasteiger partial charge in [-0.25, -0.2) is 4.39 Å². The standard InChI is InChI=1S/C23H20ClFN4O4/c1-10-14(24)7-6-13-19(10)27-22(33)23(13)18-17(15(28-23)8-16(26)30)20(31)29(21(18)32)9-11-2-4-12(25)5-3-11/h2-7,15,17-18,28H,8-9H2,1H3,(H2,26,30)(H,27,33)/t15-,17+,18-,23+/m0/s1. The van der Waals surface area contributed by atoms with Crippen LogP contribution in [0.2, 0.25) is 5.02 Å². The monoisotopic (exact) mass is 470 g/mol. The van der Waals surface area contributed by atoms with E-state index in [1.54, 1.807) is 19.1 Å². The van der Waals surface area contributed by atoms with Crippen LogP contribution < -0.4 is 16.4 Å². The van der Waals surface area contributed by atoms with Gasteiger partial charge in [0.2, 0.25) is 23.6 Å². The maximum absolute atomic E-state index is 13.6. The summed E-state index contributed by atoms with van der Waals surface area (Å²) < 4.78 is 13.3. The van der Waals surface area contributed by atoms with Crippen molar-refractivity contribution in [2.24, 2.45) is 17.6 Å². The van der Waals surface area contributed by atoms with E-state index in [0.29, 0.717) is 27.4 Å². The summed E-state index contributed by atoms with van der Waals surface area (Å²) in [5.41, 5.74) is 6.06. The minimum atomic E-state index is -1.54. The highest BCUT2D eigenvalue weighted by Crippen LogP contribution is 2.54. The highest BCUT2D eigenvalue weighted by atomic mass is 35.5. The van der Waals surface area contributed by atoms with Crippen molar-refractivity contribution in [2.75, 3.05) is 5.32 Å². The van der Waals surface area contributed by atoms with Gasteiger partial charge in [0.1, 0.15) is 11.4 Å². The summed E-state index contributed by atoms with van der Waals surface area (Å²) in [5, 5.41) is 6.38. The first-order valence-corrected chi connectivity index (χ1v) is 10.8. The lowest BCUT2D eigenvalue weighted by Gasteiger charge is -2.29. The van der Waals surface area contributed by atoms with E-state index in [0.717, 1.165) is 4.90 Å². The second kappa shape index (κ2) is 7.36. The van der Waals surface area contributed by atoms with Crippen molar-refractivity contribution in [3.8, 4) is 0 Å². The van der Waals surface area contributed by atoms with Crippen LogP contribution >= 0.6 is 11.6 Å². The molecule has 10 heteroatoms. The van der Waals surface area contributed by atoms with Gasteiger partial charge in [0.05, 0.1) is 24.1 Å². The molecule has 1 spiro atoms. The van der Waals surface area contributed by atoms with Gasteiger partial charge in [-0.2, -0.15) is 0 Å². The number of hydrogen-bond acceptors (Lipinski definition) is 5. The van der Waals surface area contributed by atoms with E-state index in [-0.39, 0.29) is 13.0 Å². The topological polar surface area (TPSA) is 122 Å². The molecule has 0 unspecified atom stereocenters. The van der Waals surface area contributed by atoms with Gasteiger partial charge < -0.3 is 11.1 Å². The number of imide groups is 1. The number of hydrogen-bond donors (Lipinski definition) is 3. The van der Waals surface area contributed by atoms with Crippen LogP contribution in [0.25, 0.3) is 0 Å². The number of nitrogens with two attached hydrogens (primary N) is 1. The number of nitrogens with zero attached hydrogens (tertiary/aromatic N) is 1. The Kier molecular flexibility index (Phi) is 4.80. The molecule has 2 fully saturated rings. The van der Waals surface area contributed by atoms with Crippen molar-refractivity contribution in [3.63, 3.8) is 0 Å². The van der Waals surface area contributed by atoms with Gasteiger partial charge in [-0.1, -0.05) is 29.8 Å². The third-order valence-corrected chi connectivity index (χ3v) is 7.26. The molecule has 4 atom stereocenters. The van der Waals surface area contributed by atoms with Crippen molar-refractivity contribution in [3.05, 3.63) is 63.9 Å². The van der Waals surface area contributed by atoms with Gasteiger partial charge in [0, 0.05) is 23.0 Å². The number of anilines is 1. The fraction of sp³-hybridized carbons (Fsp3) is 0.304. The molecule has 3 heterocycles. The summed E-state index contributed by atoms with van der Waals surface area (Å²) in [5.74, 6) is -4.66. The molecule has 4 amide bonds. The average molecular weight is 471 g/mol. The Hall–Kier alpha value is -3.30. The van der Waals surface area contributed by atoms with E-state index in [9.17, 15) is 23.6 Å². The summed E-state index contributed by atoms with van der Waals surface area (Å²) in [7, 11) is 0.